The molecule has 1 aromatic heterocycles. The van der Waals surface area contributed by atoms with Crippen LogP contribution in [0.15, 0.2) is 30.3 Å². The lowest BCUT2D eigenvalue weighted by Gasteiger charge is -2.42. The number of benzene rings is 2. The van der Waals surface area contributed by atoms with Crippen molar-refractivity contribution in [2.45, 2.75) is 88.6 Å². The van der Waals surface area contributed by atoms with E-state index in [-0.39, 0.29) is 47.0 Å². The minimum absolute atomic E-state index is 0.0934. The lowest BCUT2D eigenvalue weighted by molar-refractivity contribution is -0.274. The number of anilines is 2. The molecule has 2 N–H and O–H groups in total. The van der Waals surface area contributed by atoms with E-state index in [9.17, 15) is 22.4 Å². The zero-order valence-electron chi connectivity index (χ0n) is 27.5. The van der Waals surface area contributed by atoms with Gasteiger partial charge in [0.2, 0.25) is 0 Å². The number of rotatable bonds is 6. The van der Waals surface area contributed by atoms with E-state index in [2.05, 4.69) is 14.6 Å². The SMILES string of the molecule is CC(C)(C)OC(=O)N1[C@@H]2CC[C@H]1CN(c1nc(OC[C@@]34CCCN3C[C@H](F)C4)nc3c(F)c(-c4cc(N)ccc4OC(F)(F)F)ccc13)C2. The molecule has 4 atom stereocenters. The molecule has 0 saturated carbocycles. The maximum atomic E-state index is 16.7. The molecule has 4 aliphatic heterocycles. The number of piperazine rings is 1. The Morgan fingerprint density at radius 2 is 1.78 bits per heavy atom. The quantitative estimate of drug-likeness (QED) is 0.231. The van der Waals surface area contributed by atoms with Crippen molar-refractivity contribution >= 4 is 28.5 Å². The van der Waals surface area contributed by atoms with Crippen molar-refractivity contribution in [3.8, 4) is 22.9 Å². The molecule has 2 aromatic carbocycles. The molecule has 0 radical (unpaired) electrons. The van der Waals surface area contributed by atoms with Gasteiger partial charge in [0.15, 0.2) is 5.82 Å². The third-order valence-corrected chi connectivity index (χ3v) is 9.90. The monoisotopic (exact) mass is 690 g/mol. The van der Waals surface area contributed by atoms with Crippen LogP contribution >= 0.6 is 0 Å². The summed E-state index contributed by atoms with van der Waals surface area (Å²) in [4.78, 5) is 28.1. The van der Waals surface area contributed by atoms with Gasteiger partial charge in [-0.15, -0.1) is 13.2 Å². The van der Waals surface area contributed by atoms with Crippen LogP contribution in [0.5, 0.6) is 11.8 Å². The number of carbonyl (C=O) groups excluding carboxylic acids is 1. The molecule has 0 aliphatic carbocycles. The Morgan fingerprint density at radius 3 is 2.47 bits per heavy atom. The summed E-state index contributed by atoms with van der Waals surface area (Å²) >= 11 is 0. The number of amides is 1. The molecule has 3 aromatic rings. The smallest absolute Gasteiger partial charge is 0.461 e. The third kappa shape index (κ3) is 6.49. The Bertz CT molecular complexity index is 1760. The van der Waals surface area contributed by atoms with Crippen LogP contribution in [-0.2, 0) is 4.74 Å². The van der Waals surface area contributed by atoms with E-state index in [4.69, 9.17) is 20.2 Å². The van der Waals surface area contributed by atoms with Gasteiger partial charge in [0.1, 0.15) is 35.5 Å². The van der Waals surface area contributed by atoms with Crippen LogP contribution in [0.3, 0.4) is 0 Å². The first-order valence-corrected chi connectivity index (χ1v) is 16.5. The van der Waals surface area contributed by atoms with Crippen molar-refractivity contribution in [1.29, 1.82) is 0 Å². The van der Waals surface area contributed by atoms with Crippen molar-refractivity contribution in [2.75, 3.05) is 43.4 Å². The summed E-state index contributed by atoms with van der Waals surface area (Å²) in [5.74, 6) is -1.17. The van der Waals surface area contributed by atoms with Gasteiger partial charge in [0.05, 0.1) is 17.6 Å². The van der Waals surface area contributed by atoms with Gasteiger partial charge in [0.25, 0.3) is 0 Å². The minimum Gasteiger partial charge on any atom is -0.461 e. The number of hydrogen-bond acceptors (Lipinski definition) is 9. The van der Waals surface area contributed by atoms with E-state index < -0.39 is 41.3 Å². The van der Waals surface area contributed by atoms with E-state index in [1.165, 1.54) is 18.2 Å². The average molecular weight is 691 g/mol. The number of aromatic nitrogens is 2. The number of carbonyl (C=O) groups is 1. The maximum absolute atomic E-state index is 16.7. The lowest BCUT2D eigenvalue weighted by atomic mass is 9.95. The van der Waals surface area contributed by atoms with Gasteiger partial charge in [-0.3, -0.25) is 9.80 Å². The molecular weight excluding hydrogens is 651 g/mol. The van der Waals surface area contributed by atoms with Gasteiger partial charge in [-0.1, -0.05) is 6.07 Å². The van der Waals surface area contributed by atoms with Crippen LogP contribution in [0.25, 0.3) is 22.0 Å². The van der Waals surface area contributed by atoms with Crippen molar-refractivity contribution < 1.29 is 41.0 Å². The molecule has 4 fully saturated rings. The van der Waals surface area contributed by atoms with Crippen molar-refractivity contribution in [3.05, 3.63) is 36.1 Å². The summed E-state index contributed by atoms with van der Waals surface area (Å²) in [6, 6.07) is 5.87. The van der Waals surface area contributed by atoms with E-state index in [1.54, 1.807) is 11.0 Å². The fourth-order valence-corrected chi connectivity index (χ4v) is 7.95. The standard InChI is InChI=1S/C34H39F5N6O4/c1-32(2,3)49-31(46)45-21-6-7-22(45)17-43(16-21)29-24-9-8-23(25-13-20(40)5-10-26(25)48-34(37,38)39)27(36)28(24)41-30(42-29)47-18-33-11-4-12-44(33)15-19(35)14-33/h5,8-10,13,19,21-22H,4,6-7,11-12,14-18,40H2,1-3H3/t19-,21-,22+,33+/m1/s1. The second-order valence-corrected chi connectivity index (χ2v) is 14.5. The number of nitrogens with two attached hydrogens (primary N) is 1. The van der Waals surface area contributed by atoms with Crippen LogP contribution < -0.4 is 20.1 Å². The number of ether oxygens (including phenoxy) is 3. The van der Waals surface area contributed by atoms with Crippen LogP contribution in [0.2, 0.25) is 0 Å². The highest BCUT2D eigenvalue weighted by atomic mass is 19.4. The van der Waals surface area contributed by atoms with E-state index >= 15 is 4.39 Å². The van der Waals surface area contributed by atoms with E-state index in [0.29, 0.717) is 37.3 Å². The summed E-state index contributed by atoms with van der Waals surface area (Å²) in [6.07, 6.45) is -2.99. The highest BCUT2D eigenvalue weighted by Crippen LogP contribution is 2.43. The number of alkyl halides is 4. The molecule has 7 rings (SSSR count). The fraction of sp³-hybridized carbons (Fsp3) is 0.559. The topological polar surface area (TPSA) is 106 Å². The summed E-state index contributed by atoms with van der Waals surface area (Å²) in [5, 5.41) is 0.311. The summed E-state index contributed by atoms with van der Waals surface area (Å²) in [7, 11) is 0. The molecule has 4 aliphatic rings. The first-order chi connectivity index (χ1) is 23.1. The molecule has 0 spiro atoms. The second kappa shape index (κ2) is 12.0. The molecule has 49 heavy (non-hydrogen) atoms. The van der Waals surface area contributed by atoms with Gasteiger partial charge in [0, 0.05) is 48.3 Å². The summed E-state index contributed by atoms with van der Waals surface area (Å²) in [6.45, 7) is 7.35. The number of fused-ring (bicyclic) bond motifs is 4. The third-order valence-electron chi connectivity index (χ3n) is 9.90. The molecular formula is C34H39F5N6O4. The first kappa shape index (κ1) is 33.4. The molecule has 10 nitrogen and oxygen atoms in total. The molecule has 5 heterocycles. The zero-order valence-corrected chi connectivity index (χ0v) is 27.5. The fourth-order valence-electron chi connectivity index (χ4n) is 7.95. The Labute approximate surface area is 280 Å². The Morgan fingerprint density at radius 1 is 1.04 bits per heavy atom. The van der Waals surface area contributed by atoms with Crippen molar-refractivity contribution in [1.82, 2.24) is 19.8 Å². The van der Waals surface area contributed by atoms with Crippen LogP contribution in [0.4, 0.5) is 38.3 Å². The number of nitrogen functional groups attached to an aromatic ring is 1. The van der Waals surface area contributed by atoms with E-state index in [0.717, 1.165) is 38.3 Å². The summed E-state index contributed by atoms with van der Waals surface area (Å²) in [5.41, 5.74) is 4.24. The maximum Gasteiger partial charge on any atom is 0.573 e. The molecule has 2 bridgehead atoms. The number of nitrogens with zero attached hydrogens (tertiary/aromatic N) is 5. The highest BCUT2D eigenvalue weighted by molar-refractivity contribution is 5.94. The van der Waals surface area contributed by atoms with Gasteiger partial charge in [-0.25, -0.2) is 13.6 Å². The van der Waals surface area contributed by atoms with Gasteiger partial charge >= 0.3 is 18.5 Å². The predicted octanol–water partition coefficient (Wildman–Crippen LogP) is 6.46. The van der Waals surface area contributed by atoms with E-state index in [1.807, 2.05) is 25.7 Å². The predicted molar refractivity (Wildman–Crippen MR) is 172 cm³/mol. The Kier molecular flexibility index (Phi) is 8.19. The molecule has 264 valence electrons. The van der Waals surface area contributed by atoms with Gasteiger partial charge in [-0.05, 0) is 77.3 Å². The van der Waals surface area contributed by atoms with Crippen LogP contribution in [0.1, 0.15) is 52.9 Å². The number of hydrogen-bond donors (Lipinski definition) is 1. The van der Waals surface area contributed by atoms with Crippen LogP contribution in [-0.4, -0.2) is 94.4 Å². The normalized spacial score (nSPS) is 25.6. The second-order valence-electron chi connectivity index (χ2n) is 14.5. The molecule has 0 unspecified atom stereocenters. The Hall–Kier alpha value is -4.14. The molecule has 1 amide bonds. The lowest BCUT2D eigenvalue weighted by Crippen LogP contribution is -2.57. The average Bonchev–Trinajstić information content (AvgIpc) is 3.62. The molecule has 15 heteroatoms. The van der Waals surface area contributed by atoms with Crippen LogP contribution in [0, 0.1) is 5.82 Å². The Balaban J connectivity index is 1.28. The zero-order chi connectivity index (χ0) is 34.9. The van der Waals surface area contributed by atoms with Gasteiger partial charge < -0.3 is 24.8 Å². The largest absolute Gasteiger partial charge is 0.573 e. The minimum atomic E-state index is -5.03. The first-order valence-electron chi connectivity index (χ1n) is 16.5. The molecule has 4 saturated heterocycles. The van der Waals surface area contributed by atoms with Crippen molar-refractivity contribution in [2.24, 2.45) is 0 Å². The van der Waals surface area contributed by atoms with Crippen molar-refractivity contribution in [3.63, 3.8) is 0 Å². The highest BCUT2D eigenvalue weighted by Gasteiger charge is 2.50. The number of halogens is 5. The summed E-state index contributed by atoms with van der Waals surface area (Å²) < 4.78 is 87.2. The van der Waals surface area contributed by atoms with Gasteiger partial charge in [-0.2, -0.15) is 9.97 Å².